The lowest BCUT2D eigenvalue weighted by Gasteiger charge is -2.25. The van der Waals surface area contributed by atoms with Gasteiger partial charge >= 0.3 is 11.9 Å². The molecule has 8 nitrogen and oxygen atoms in total. The lowest BCUT2D eigenvalue weighted by atomic mass is 9.95. The molecule has 192 valence electrons. The van der Waals surface area contributed by atoms with Crippen molar-refractivity contribution in [1.29, 1.82) is 0 Å². The fourth-order valence-corrected chi connectivity index (χ4v) is 5.23. The van der Waals surface area contributed by atoms with E-state index in [1.54, 1.807) is 26.0 Å². The molecule has 0 aliphatic carbocycles. The average Bonchev–Trinajstić information content (AvgIpc) is 3.15. The van der Waals surface area contributed by atoms with Gasteiger partial charge in [-0.25, -0.2) is 14.2 Å². The number of hydrogen-bond donors (Lipinski definition) is 0. The number of benzene rings is 2. The summed E-state index contributed by atoms with van der Waals surface area (Å²) in [5.41, 5.74) is 0.585. The van der Waals surface area contributed by atoms with Gasteiger partial charge in [-0.1, -0.05) is 35.1 Å². The van der Waals surface area contributed by atoms with E-state index in [1.807, 2.05) is 0 Å². The van der Waals surface area contributed by atoms with Gasteiger partial charge in [-0.2, -0.15) is 0 Å². The summed E-state index contributed by atoms with van der Waals surface area (Å²) in [5, 5.41) is 0.150. The first-order valence-electron chi connectivity index (χ1n) is 11.2. The highest BCUT2D eigenvalue weighted by molar-refractivity contribution is 7.07. The molecule has 0 fully saturated rings. The Morgan fingerprint density at radius 3 is 2.65 bits per heavy atom. The Balaban J connectivity index is 1.98. The number of halogens is 2. The molecule has 0 spiro atoms. The monoisotopic (exact) mass is 544 g/mol. The maximum atomic E-state index is 14.5. The van der Waals surface area contributed by atoms with Crippen LogP contribution in [0.5, 0.6) is 11.5 Å². The number of aromatic nitrogens is 1. The minimum atomic E-state index is -0.936. The molecule has 37 heavy (non-hydrogen) atoms. The maximum absolute atomic E-state index is 14.5. The fourth-order valence-electron chi connectivity index (χ4n) is 3.98. The van der Waals surface area contributed by atoms with Gasteiger partial charge < -0.3 is 14.2 Å². The molecule has 0 saturated heterocycles. The molecule has 11 heteroatoms. The molecule has 1 unspecified atom stereocenters. The van der Waals surface area contributed by atoms with E-state index in [-0.39, 0.29) is 38.8 Å². The van der Waals surface area contributed by atoms with E-state index in [9.17, 15) is 18.8 Å². The Morgan fingerprint density at radius 2 is 2.00 bits per heavy atom. The van der Waals surface area contributed by atoms with Gasteiger partial charge in [0, 0.05) is 12.5 Å². The number of methoxy groups -OCH3 is 1. The van der Waals surface area contributed by atoms with Crippen LogP contribution >= 0.6 is 22.9 Å². The predicted molar refractivity (Wildman–Crippen MR) is 136 cm³/mol. The van der Waals surface area contributed by atoms with E-state index in [2.05, 4.69) is 4.99 Å². The van der Waals surface area contributed by atoms with Crippen molar-refractivity contribution in [2.75, 3.05) is 13.7 Å². The molecule has 0 amide bonds. The minimum absolute atomic E-state index is 0.0692. The van der Waals surface area contributed by atoms with E-state index >= 15 is 0 Å². The van der Waals surface area contributed by atoms with Crippen LogP contribution in [0.15, 0.2) is 57.5 Å². The van der Waals surface area contributed by atoms with Gasteiger partial charge in [0.1, 0.15) is 5.82 Å². The van der Waals surface area contributed by atoms with Crippen molar-refractivity contribution < 1.29 is 28.2 Å². The van der Waals surface area contributed by atoms with Crippen LogP contribution in [0.1, 0.15) is 37.9 Å². The normalized spacial score (nSPS) is 15.2. The first-order valence-corrected chi connectivity index (χ1v) is 12.4. The number of nitrogens with zero attached hydrogens (tertiary/aromatic N) is 2. The summed E-state index contributed by atoms with van der Waals surface area (Å²) in [6, 6.07) is 8.02. The molecule has 0 saturated carbocycles. The highest BCUT2D eigenvalue weighted by Gasteiger charge is 2.34. The van der Waals surface area contributed by atoms with Gasteiger partial charge in [-0.15, -0.1) is 0 Å². The average molecular weight is 545 g/mol. The van der Waals surface area contributed by atoms with Gasteiger partial charge in [-0.3, -0.25) is 14.2 Å². The largest absolute Gasteiger partial charge is 0.493 e. The molecule has 1 aliphatic rings. The lowest BCUT2D eigenvalue weighted by Crippen LogP contribution is -2.40. The molecule has 0 radical (unpaired) electrons. The summed E-state index contributed by atoms with van der Waals surface area (Å²) in [4.78, 5) is 43.0. The quantitative estimate of drug-likeness (QED) is 0.348. The summed E-state index contributed by atoms with van der Waals surface area (Å²) in [7, 11) is 1.41. The Hall–Kier alpha value is -3.76. The van der Waals surface area contributed by atoms with Crippen molar-refractivity contribution in [2.24, 2.45) is 4.99 Å². The van der Waals surface area contributed by atoms with Crippen LogP contribution in [-0.2, 0) is 14.3 Å². The third-order valence-corrected chi connectivity index (χ3v) is 6.86. The Bertz CT molecular complexity index is 1600. The SMILES string of the molecule is CCOC(=O)C1=C(C)N=c2s/c(=C/c3c(F)cccc3Cl)c(=O)n2C1c1ccc(OC(C)=O)c(OC)c1. The minimum Gasteiger partial charge on any atom is -0.493 e. The van der Waals surface area contributed by atoms with Crippen LogP contribution in [0.25, 0.3) is 6.08 Å². The fraction of sp³-hybridized carbons (Fsp3) is 0.231. The summed E-state index contributed by atoms with van der Waals surface area (Å²) < 4.78 is 31.9. The van der Waals surface area contributed by atoms with Crippen LogP contribution in [0, 0.1) is 5.82 Å². The van der Waals surface area contributed by atoms with E-state index in [1.165, 1.54) is 48.9 Å². The molecule has 0 N–H and O–H groups in total. The van der Waals surface area contributed by atoms with Crippen LogP contribution in [-0.4, -0.2) is 30.2 Å². The number of esters is 2. The second kappa shape index (κ2) is 10.7. The molecule has 4 rings (SSSR count). The van der Waals surface area contributed by atoms with E-state index in [0.717, 1.165) is 11.3 Å². The van der Waals surface area contributed by atoms with Crippen LogP contribution in [0.3, 0.4) is 0 Å². The molecule has 0 bridgehead atoms. The summed E-state index contributed by atoms with van der Waals surface area (Å²) in [6.07, 6.45) is 1.37. The Morgan fingerprint density at radius 1 is 1.24 bits per heavy atom. The zero-order valence-electron chi connectivity index (χ0n) is 20.3. The number of rotatable bonds is 6. The number of carbonyl (C=O) groups is 2. The lowest BCUT2D eigenvalue weighted by molar-refractivity contribution is -0.139. The summed E-state index contributed by atoms with van der Waals surface area (Å²) >= 11 is 7.21. The number of ether oxygens (including phenoxy) is 3. The van der Waals surface area contributed by atoms with Crippen molar-refractivity contribution in [1.82, 2.24) is 4.57 Å². The van der Waals surface area contributed by atoms with E-state index in [4.69, 9.17) is 25.8 Å². The van der Waals surface area contributed by atoms with Crippen LogP contribution in [0.2, 0.25) is 5.02 Å². The smallest absolute Gasteiger partial charge is 0.338 e. The molecule has 3 aromatic rings. The second-order valence-corrected chi connectivity index (χ2v) is 9.36. The van der Waals surface area contributed by atoms with Crippen LogP contribution < -0.4 is 24.4 Å². The number of carbonyl (C=O) groups excluding carboxylic acids is 2. The molecule has 2 heterocycles. The van der Waals surface area contributed by atoms with E-state index in [0.29, 0.717) is 16.1 Å². The Labute approximate surface area is 219 Å². The van der Waals surface area contributed by atoms with Crippen molar-refractivity contribution in [2.45, 2.75) is 26.8 Å². The highest BCUT2D eigenvalue weighted by atomic mass is 35.5. The molecule has 1 aromatic heterocycles. The summed E-state index contributed by atoms with van der Waals surface area (Å²) in [6.45, 7) is 4.70. The maximum Gasteiger partial charge on any atom is 0.338 e. The zero-order chi connectivity index (χ0) is 26.9. The molecule has 1 atom stereocenters. The van der Waals surface area contributed by atoms with Gasteiger partial charge in [0.15, 0.2) is 16.3 Å². The first-order chi connectivity index (χ1) is 17.7. The molecular formula is C26H22ClFN2O6S. The van der Waals surface area contributed by atoms with Crippen molar-refractivity contribution in [3.8, 4) is 11.5 Å². The van der Waals surface area contributed by atoms with Crippen molar-refractivity contribution >= 4 is 41.0 Å². The predicted octanol–water partition coefficient (Wildman–Crippen LogP) is 3.52. The van der Waals surface area contributed by atoms with Crippen molar-refractivity contribution in [3.05, 3.63) is 89.3 Å². The van der Waals surface area contributed by atoms with Gasteiger partial charge in [0.2, 0.25) is 0 Å². The molecular weight excluding hydrogens is 523 g/mol. The third-order valence-electron chi connectivity index (χ3n) is 5.55. The number of hydrogen-bond acceptors (Lipinski definition) is 8. The Kier molecular flexibility index (Phi) is 7.60. The number of fused-ring (bicyclic) bond motifs is 1. The van der Waals surface area contributed by atoms with E-state index < -0.39 is 29.4 Å². The second-order valence-electron chi connectivity index (χ2n) is 7.94. The van der Waals surface area contributed by atoms with Gasteiger partial charge in [0.25, 0.3) is 5.56 Å². The number of thiazole rings is 1. The molecule has 2 aromatic carbocycles. The van der Waals surface area contributed by atoms with Gasteiger partial charge in [0.05, 0.1) is 40.6 Å². The van der Waals surface area contributed by atoms with Gasteiger partial charge in [-0.05, 0) is 49.8 Å². The first kappa shape index (κ1) is 26.3. The topological polar surface area (TPSA) is 96.2 Å². The third kappa shape index (κ3) is 5.07. The standard InChI is InChI=1S/C26H22ClFN2O6S/c1-5-35-25(33)22-13(2)29-26-30(23(22)15-9-10-19(36-14(3)31)20(11-15)34-4)24(32)21(37-26)12-16-17(27)7-6-8-18(16)28/h6-12,23H,5H2,1-4H3/b21-12+. The molecule has 1 aliphatic heterocycles. The summed E-state index contributed by atoms with van der Waals surface area (Å²) in [5.74, 6) is -1.34. The zero-order valence-corrected chi connectivity index (χ0v) is 21.9. The number of allylic oxidation sites excluding steroid dienone is 1. The van der Waals surface area contributed by atoms with Crippen LogP contribution in [0.4, 0.5) is 4.39 Å². The highest BCUT2D eigenvalue weighted by Crippen LogP contribution is 2.36. The van der Waals surface area contributed by atoms with Crippen molar-refractivity contribution in [3.63, 3.8) is 0 Å².